The van der Waals surface area contributed by atoms with Crippen LogP contribution in [-0.2, 0) is 19.7 Å². The highest BCUT2D eigenvalue weighted by Gasteiger charge is 2.24. The van der Waals surface area contributed by atoms with Gasteiger partial charge in [-0.1, -0.05) is 42.5 Å². The molecule has 1 aliphatic rings. The van der Waals surface area contributed by atoms with Crippen LogP contribution in [0, 0.1) is 6.92 Å². The number of para-hydroxylation sites is 1. The second kappa shape index (κ2) is 7.59. The summed E-state index contributed by atoms with van der Waals surface area (Å²) >= 11 is 0. The Kier molecular flexibility index (Phi) is 4.84. The third-order valence-electron chi connectivity index (χ3n) is 4.75. The first-order valence-corrected chi connectivity index (χ1v) is 9.08. The largest absolute Gasteiger partial charge is 0.487 e. The second-order valence-corrected chi connectivity index (χ2v) is 6.67. The molecule has 0 radical (unpaired) electrons. The number of urea groups is 1. The van der Waals surface area contributed by atoms with E-state index in [1.807, 2.05) is 55.5 Å². The summed E-state index contributed by atoms with van der Waals surface area (Å²) in [6.45, 7) is 3.47. The van der Waals surface area contributed by atoms with Crippen LogP contribution in [0.1, 0.15) is 17.0 Å². The first-order chi connectivity index (χ1) is 13.6. The minimum absolute atomic E-state index is 0.245. The average molecular weight is 379 g/mol. The number of H-pyrrole nitrogens is 1. The monoisotopic (exact) mass is 379 g/mol. The lowest BCUT2D eigenvalue weighted by molar-refractivity contribution is 0.195. The minimum atomic E-state index is -0.249. The predicted molar refractivity (Wildman–Crippen MR) is 104 cm³/mol. The Hall–Kier alpha value is -3.55. The normalized spacial score (nSPS) is 13.1. The van der Waals surface area contributed by atoms with E-state index < -0.39 is 0 Å². The van der Waals surface area contributed by atoms with E-state index in [4.69, 9.17) is 4.74 Å². The lowest BCUT2D eigenvalue weighted by Gasteiger charge is -2.27. The number of carbonyl (C=O) groups is 1. The van der Waals surface area contributed by atoms with Crippen molar-refractivity contribution in [2.24, 2.45) is 0 Å². The number of nitrogens with zero attached hydrogens (tertiary/aromatic N) is 3. The molecule has 0 atom stereocenters. The molecule has 2 amide bonds. The number of aromatic amines is 1. The Morgan fingerprint density at radius 2 is 2.00 bits per heavy atom. The molecule has 2 aromatic carbocycles. The molecule has 0 unspecified atom stereocenters. The zero-order valence-corrected chi connectivity index (χ0v) is 15.5. The number of carbonyl (C=O) groups excluding carboxylic acids is 1. The third kappa shape index (κ3) is 3.62. The van der Waals surface area contributed by atoms with Gasteiger partial charge >= 0.3 is 11.7 Å². The number of amides is 2. The molecule has 2 N–H and O–H groups in total. The number of aromatic nitrogens is 3. The standard InChI is InChI=1S/C20H21N5O3/c1-14-6-5-9-16(28-13-15-7-3-2-4-8-15)18(14)21-19(26)24-10-11-25-17(12-24)22-23-20(25)27/h2-9H,10-13H2,1H3,(H,21,26)(H,23,27). The van der Waals surface area contributed by atoms with Crippen molar-refractivity contribution in [3.8, 4) is 5.75 Å². The van der Waals surface area contributed by atoms with Gasteiger partial charge < -0.3 is 15.0 Å². The van der Waals surface area contributed by atoms with E-state index in [1.165, 1.54) is 0 Å². The highest BCUT2D eigenvalue weighted by atomic mass is 16.5. The summed E-state index contributed by atoms with van der Waals surface area (Å²) in [4.78, 5) is 26.0. The number of anilines is 1. The van der Waals surface area contributed by atoms with Crippen molar-refractivity contribution in [2.45, 2.75) is 26.6 Å². The van der Waals surface area contributed by atoms with E-state index in [0.717, 1.165) is 11.1 Å². The van der Waals surface area contributed by atoms with Crippen LogP contribution in [0.15, 0.2) is 53.3 Å². The Morgan fingerprint density at radius 1 is 1.18 bits per heavy atom. The molecule has 4 rings (SSSR count). The molecule has 0 saturated heterocycles. The fourth-order valence-corrected chi connectivity index (χ4v) is 3.19. The number of benzene rings is 2. The molecular weight excluding hydrogens is 358 g/mol. The van der Waals surface area contributed by atoms with Crippen molar-refractivity contribution in [2.75, 3.05) is 11.9 Å². The summed E-state index contributed by atoms with van der Waals surface area (Å²) < 4.78 is 7.50. The van der Waals surface area contributed by atoms with E-state index >= 15 is 0 Å². The van der Waals surface area contributed by atoms with Crippen LogP contribution in [0.3, 0.4) is 0 Å². The zero-order chi connectivity index (χ0) is 19.5. The summed E-state index contributed by atoms with van der Waals surface area (Å²) in [7, 11) is 0. The number of rotatable bonds is 4. The number of hydrogen-bond donors (Lipinski definition) is 2. The highest BCUT2D eigenvalue weighted by Crippen LogP contribution is 2.29. The van der Waals surface area contributed by atoms with Gasteiger partial charge in [0.05, 0.1) is 12.2 Å². The second-order valence-electron chi connectivity index (χ2n) is 6.67. The van der Waals surface area contributed by atoms with Gasteiger partial charge in [0.25, 0.3) is 0 Å². The minimum Gasteiger partial charge on any atom is -0.487 e. The Morgan fingerprint density at radius 3 is 2.82 bits per heavy atom. The number of nitrogens with one attached hydrogen (secondary N) is 2. The Balaban J connectivity index is 1.48. The molecule has 1 aliphatic heterocycles. The maximum Gasteiger partial charge on any atom is 0.343 e. The van der Waals surface area contributed by atoms with Gasteiger partial charge in [-0.3, -0.25) is 4.57 Å². The molecule has 0 aliphatic carbocycles. The van der Waals surface area contributed by atoms with E-state index in [2.05, 4.69) is 15.5 Å². The molecule has 3 aromatic rings. The number of hydrogen-bond acceptors (Lipinski definition) is 4. The number of ether oxygens (including phenoxy) is 1. The molecule has 0 bridgehead atoms. The number of aryl methyl sites for hydroxylation is 1. The Bertz CT molecular complexity index is 1040. The summed E-state index contributed by atoms with van der Waals surface area (Å²) in [5.41, 5.74) is 2.36. The SMILES string of the molecule is Cc1cccc(OCc2ccccc2)c1NC(=O)N1CCn2c(n[nH]c2=O)C1. The van der Waals surface area contributed by atoms with Gasteiger partial charge in [-0.2, -0.15) is 5.10 Å². The number of fused-ring (bicyclic) bond motifs is 1. The van der Waals surface area contributed by atoms with Gasteiger partial charge in [-0.25, -0.2) is 14.7 Å². The molecule has 0 saturated carbocycles. The first-order valence-electron chi connectivity index (χ1n) is 9.08. The molecule has 28 heavy (non-hydrogen) atoms. The summed E-state index contributed by atoms with van der Waals surface area (Å²) in [5, 5.41) is 9.35. The van der Waals surface area contributed by atoms with Gasteiger partial charge in [-0.05, 0) is 24.1 Å². The highest BCUT2D eigenvalue weighted by molar-refractivity contribution is 5.92. The van der Waals surface area contributed by atoms with Gasteiger partial charge in [0.15, 0.2) is 5.82 Å². The third-order valence-corrected chi connectivity index (χ3v) is 4.75. The van der Waals surface area contributed by atoms with Gasteiger partial charge in [0.2, 0.25) is 0 Å². The molecule has 0 spiro atoms. The summed E-state index contributed by atoms with van der Waals surface area (Å²) in [6.07, 6.45) is 0. The fraction of sp³-hybridized carbons (Fsp3) is 0.250. The first kappa shape index (κ1) is 17.8. The van der Waals surface area contributed by atoms with Gasteiger partial charge in [-0.15, -0.1) is 0 Å². The van der Waals surface area contributed by atoms with E-state index in [0.29, 0.717) is 37.0 Å². The summed E-state index contributed by atoms with van der Waals surface area (Å²) in [6, 6.07) is 15.3. The fourth-order valence-electron chi connectivity index (χ4n) is 3.19. The molecule has 2 heterocycles. The van der Waals surface area contributed by atoms with E-state index in [9.17, 15) is 9.59 Å². The van der Waals surface area contributed by atoms with Crippen molar-refractivity contribution in [1.82, 2.24) is 19.7 Å². The molecular formula is C20H21N5O3. The van der Waals surface area contributed by atoms with Crippen LogP contribution in [0.5, 0.6) is 5.75 Å². The van der Waals surface area contributed by atoms with Crippen LogP contribution in [0.2, 0.25) is 0 Å². The van der Waals surface area contributed by atoms with Crippen molar-refractivity contribution in [1.29, 1.82) is 0 Å². The van der Waals surface area contributed by atoms with E-state index in [-0.39, 0.29) is 18.3 Å². The summed E-state index contributed by atoms with van der Waals surface area (Å²) in [5.74, 6) is 1.17. The molecule has 144 valence electrons. The molecule has 0 fully saturated rings. The van der Waals surface area contributed by atoms with Crippen molar-refractivity contribution >= 4 is 11.7 Å². The quantitative estimate of drug-likeness (QED) is 0.729. The Labute approximate surface area is 161 Å². The lowest BCUT2D eigenvalue weighted by atomic mass is 10.2. The van der Waals surface area contributed by atoms with Crippen LogP contribution in [0.4, 0.5) is 10.5 Å². The maximum atomic E-state index is 12.8. The molecule has 1 aromatic heterocycles. The van der Waals surface area contributed by atoms with E-state index in [1.54, 1.807) is 9.47 Å². The van der Waals surface area contributed by atoms with Crippen LogP contribution in [0.25, 0.3) is 0 Å². The predicted octanol–water partition coefficient (Wildman–Crippen LogP) is 2.51. The zero-order valence-electron chi connectivity index (χ0n) is 15.5. The average Bonchev–Trinajstić information content (AvgIpc) is 3.09. The van der Waals surface area contributed by atoms with Crippen molar-refractivity contribution in [3.05, 3.63) is 76.0 Å². The molecule has 8 heteroatoms. The van der Waals surface area contributed by atoms with Crippen LogP contribution < -0.4 is 15.7 Å². The van der Waals surface area contributed by atoms with Crippen molar-refractivity contribution < 1.29 is 9.53 Å². The maximum absolute atomic E-state index is 12.8. The van der Waals surface area contributed by atoms with Gasteiger partial charge in [0, 0.05) is 13.1 Å². The van der Waals surface area contributed by atoms with Crippen LogP contribution in [-0.4, -0.2) is 32.2 Å². The topological polar surface area (TPSA) is 92.2 Å². The van der Waals surface area contributed by atoms with Crippen molar-refractivity contribution in [3.63, 3.8) is 0 Å². The van der Waals surface area contributed by atoms with Crippen LogP contribution >= 0.6 is 0 Å². The van der Waals surface area contributed by atoms with Gasteiger partial charge in [0.1, 0.15) is 12.4 Å². The smallest absolute Gasteiger partial charge is 0.343 e. The molecule has 8 nitrogen and oxygen atoms in total. The lowest BCUT2D eigenvalue weighted by Crippen LogP contribution is -2.42.